The smallest absolute Gasteiger partial charge is 0.266 e. The summed E-state index contributed by atoms with van der Waals surface area (Å²) in [5, 5.41) is -1.35. The van der Waals surface area contributed by atoms with E-state index in [1.807, 2.05) is 0 Å². The summed E-state index contributed by atoms with van der Waals surface area (Å²) in [7, 11) is 0. The number of imide groups is 1. The Bertz CT molecular complexity index is 874. The number of benzene rings is 2. The average molecular weight is 348 g/mol. The van der Waals surface area contributed by atoms with Crippen molar-refractivity contribution in [2.45, 2.75) is 0 Å². The van der Waals surface area contributed by atoms with Crippen molar-refractivity contribution in [2.24, 2.45) is 0 Å². The maximum absolute atomic E-state index is 12.5. The molecule has 0 unspecified atom stereocenters. The van der Waals surface area contributed by atoms with Crippen LogP contribution in [-0.2, 0) is 0 Å². The minimum Gasteiger partial charge on any atom is -0.276 e. The SMILES string of the molecule is O=C(Cl)c1ccc(N2C(=O)c3ccc(C(=O)Cl)cc3C2=O)cc1. The fraction of sp³-hybridized carbons (Fsp3) is 0. The highest BCUT2D eigenvalue weighted by Crippen LogP contribution is 2.29. The molecule has 7 heteroatoms. The molecule has 2 aromatic carbocycles. The Morgan fingerprint density at radius 1 is 0.739 bits per heavy atom. The van der Waals surface area contributed by atoms with Gasteiger partial charge in [-0.1, -0.05) is 0 Å². The summed E-state index contributed by atoms with van der Waals surface area (Å²) in [4.78, 5) is 48.1. The Morgan fingerprint density at radius 3 is 1.83 bits per heavy atom. The zero-order valence-corrected chi connectivity index (χ0v) is 12.9. The number of rotatable bonds is 3. The van der Waals surface area contributed by atoms with E-state index in [2.05, 4.69) is 0 Å². The van der Waals surface area contributed by atoms with E-state index in [9.17, 15) is 19.2 Å². The van der Waals surface area contributed by atoms with E-state index in [1.165, 1.54) is 42.5 Å². The summed E-state index contributed by atoms with van der Waals surface area (Å²) in [6, 6.07) is 9.81. The standard InChI is InChI=1S/C16H7Cl2NO4/c17-13(20)8-1-4-10(5-2-8)19-15(22)11-6-3-9(14(18)21)7-12(11)16(19)23/h1-7H. The number of anilines is 1. The molecule has 0 N–H and O–H groups in total. The first-order valence-electron chi connectivity index (χ1n) is 6.42. The van der Waals surface area contributed by atoms with Gasteiger partial charge >= 0.3 is 0 Å². The Morgan fingerprint density at radius 2 is 1.26 bits per heavy atom. The van der Waals surface area contributed by atoms with Gasteiger partial charge in [0.15, 0.2) is 0 Å². The van der Waals surface area contributed by atoms with E-state index in [4.69, 9.17) is 23.2 Å². The van der Waals surface area contributed by atoms with E-state index in [-0.39, 0.29) is 22.3 Å². The van der Waals surface area contributed by atoms with E-state index in [1.54, 1.807) is 0 Å². The van der Waals surface area contributed by atoms with Gasteiger partial charge in [-0.15, -0.1) is 0 Å². The predicted molar refractivity (Wildman–Crippen MR) is 84.4 cm³/mol. The van der Waals surface area contributed by atoms with Gasteiger partial charge in [0.05, 0.1) is 16.8 Å². The third-order valence-corrected chi connectivity index (χ3v) is 3.90. The molecule has 0 spiro atoms. The van der Waals surface area contributed by atoms with Gasteiger partial charge in [-0.25, -0.2) is 4.90 Å². The first-order chi connectivity index (χ1) is 10.9. The van der Waals surface area contributed by atoms with Crippen LogP contribution in [0, 0.1) is 0 Å². The van der Waals surface area contributed by atoms with Crippen molar-refractivity contribution in [2.75, 3.05) is 4.90 Å². The molecule has 2 amide bonds. The first kappa shape index (κ1) is 15.4. The highest BCUT2D eigenvalue weighted by molar-refractivity contribution is 6.68. The lowest BCUT2D eigenvalue weighted by atomic mass is 10.1. The van der Waals surface area contributed by atoms with Crippen molar-refractivity contribution in [1.82, 2.24) is 0 Å². The minimum absolute atomic E-state index is 0.110. The number of nitrogens with zero attached hydrogens (tertiary/aromatic N) is 1. The van der Waals surface area contributed by atoms with E-state index >= 15 is 0 Å². The largest absolute Gasteiger partial charge is 0.276 e. The second-order valence-electron chi connectivity index (χ2n) is 4.80. The van der Waals surface area contributed by atoms with Crippen LogP contribution in [0.25, 0.3) is 0 Å². The maximum atomic E-state index is 12.5. The lowest BCUT2D eigenvalue weighted by Crippen LogP contribution is -2.29. The molecule has 0 saturated heterocycles. The average Bonchev–Trinajstić information content (AvgIpc) is 2.78. The molecule has 3 rings (SSSR count). The molecule has 0 saturated carbocycles. The summed E-state index contributed by atoms with van der Waals surface area (Å²) in [5.74, 6) is -1.07. The maximum Gasteiger partial charge on any atom is 0.266 e. The Balaban J connectivity index is 2.02. The van der Waals surface area contributed by atoms with Gasteiger partial charge in [-0.2, -0.15) is 0 Å². The van der Waals surface area contributed by atoms with Crippen molar-refractivity contribution < 1.29 is 19.2 Å². The summed E-state index contributed by atoms with van der Waals surface area (Å²) >= 11 is 10.8. The summed E-state index contributed by atoms with van der Waals surface area (Å²) in [5.41, 5.74) is 0.989. The van der Waals surface area contributed by atoms with Gasteiger partial charge in [-0.3, -0.25) is 19.2 Å². The normalized spacial score (nSPS) is 13.2. The van der Waals surface area contributed by atoms with Crippen LogP contribution in [0.3, 0.4) is 0 Å². The van der Waals surface area contributed by atoms with Crippen LogP contribution in [0.4, 0.5) is 5.69 Å². The number of fused-ring (bicyclic) bond motifs is 1. The van der Waals surface area contributed by atoms with Crippen LogP contribution < -0.4 is 4.90 Å². The quantitative estimate of drug-likeness (QED) is 0.631. The second-order valence-corrected chi connectivity index (χ2v) is 5.49. The van der Waals surface area contributed by atoms with Crippen LogP contribution in [0.2, 0.25) is 0 Å². The summed E-state index contributed by atoms with van der Waals surface area (Å²) in [6.45, 7) is 0. The molecule has 2 aromatic rings. The zero-order chi connectivity index (χ0) is 16.7. The molecular formula is C16H7Cl2NO4. The minimum atomic E-state index is -0.712. The number of halogens is 2. The lowest BCUT2D eigenvalue weighted by molar-refractivity contribution is 0.0925. The molecule has 0 radical (unpaired) electrons. The van der Waals surface area contributed by atoms with Crippen LogP contribution in [0.1, 0.15) is 41.4 Å². The number of hydrogen-bond donors (Lipinski definition) is 0. The number of hydrogen-bond acceptors (Lipinski definition) is 4. The Kier molecular flexibility index (Phi) is 3.75. The summed E-state index contributed by atoms with van der Waals surface area (Å²) < 4.78 is 0. The van der Waals surface area contributed by atoms with Crippen LogP contribution in [0.15, 0.2) is 42.5 Å². The van der Waals surface area contributed by atoms with Gasteiger partial charge in [0.1, 0.15) is 0 Å². The Hall–Kier alpha value is -2.50. The van der Waals surface area contributed by atoms with E-state index < -0.39 is 22.3 Å². The van der Waals surface area contributed by atoms with E-state index in [0.717, 1.165) is 4.90 Å². The first-order valence-corrected chi connectivity index (χ1v) is 7.18. The van der Waals surface area contributed by atoms with E-state index in [0.29, 0.717) is 5.69 Å². The van der Waals surface area contributed by atoms with Crippen molar-refractivity contribution in [1.29, 1.82) is 0 Å². The van der Waals surface area contributed by atoms with Crippen molar-refractivity contribution >= 4 is 51.2 Å². The summed E-state index contributed by atoms with van der Waals surface area (Å²) in [6.07, 6.45) is 0. The number of carbonyl (C=O) groups is 4. The molecule has 1 heterocycles. The molecule has 114 valence electrons. The second kappa shape index (κ2) is 5.61. The fourth-order valence-corrected chi connectivity index (χ4v) is 2.58. The van der Waals surface area contributed by atoms with Crippen molar-refractivity contribution in [3.8, 4) is 0 Å². The third kappa shape index (κ3) is 2.54. The molecular weight excluding hydrogens is 341 g/mol. The highest BCUT2D eigenvalue weighted by Gasteiger charge is 2.37. The van der Waals surface area contributed by atoms with Gasteiger partial charge in [0, 0.05) is 11.1 Å². The molecule has 1 aliphatic heterocycles. The number of carbonyl (C=O) groups excluding carboxylic acids is 4. The lowest BCUT2D eigenvalue weighted by Gasteiger charge is -2.13. The van der Waals surface area contributed by atoms with Gasteiger partial charge < -0.3 is 0 Å². The van der Waals surface area contributed by atoms with Crippen LogP contribution >= 0.6 is 23.2 Å². The van der Waals surface area contributed by atoms with Crippen LogP contribution in [0.5, 0.6) is 0 Å². The highest BCUT2D eigenvalue weighted by atomic mass is 35.5. The van der Waals surface area contributed by atoms with Gasteiger partial charge in [0.25, 0.3) is 22.3 Å². The predicted octanol–water partition coefficient (Wildman–Crippen LogP) is 3.25. The van der Waals surface area contributed by atoms with Crippen LogP contribution in [-0.4, -0.2) is 22.3 Å². The topological polar surface area (TPSA) is 71.5 Å². The number of amides is 2. The monoisotopic (exact) mass is 347 g/mol. The fourth-order valence-electron chi connectivity index (χ4n) is 2.34. The molecule has 0 atom stereocenters. The molecule has 0 bridgehead atoms. The third-order valence-electron chi connectivity index (χ3n) is 3.47. The molecule has 5 nitrogen and oxygen atoms in total. The zero-order valence-electron chi connectivity index (χ0n) is 11.4. The van der Waals surface area contributed by atoms with Crippen molar-refractivity contribution in [3.63, 3.8) is 0 Å². The Labute approximate surface area is 140 Å². The molecule has 0 aliphatic carbocycles. The van der Waals surface area contributed by atoms with Gasteiger partial charge in [-0.05, 0) is 65.7 Å². The van der Waals surface area contributed by atoms with Gasteiger partial charge in [0.2, 0.25) is 0 Å². The van der Waals surface area contributed by atoms with Crippen molar-refractivity contribution in [3.05, 3.63) is 64.7 Å². The molecule has 0 fully saturated rings. The molecule has 0 aromatic heterocycles. The molecule has 1 aliphatic rings. The molecule has 23 heavy (non-hydrogen) atoms.